The molecule has 13 heavy (non-hydrogen) atoms. The van der Waals surface area contributed by atoms with Crippen molar-refractivity contribution in [2.24, 2.45) is 11.8 Å². The van der Waals surface area contributed by atoms with Crippen molar-refractivity contribution < 1.29 is 10.2 Å². The fourth-order valence-electron chi connectivity index (χ4n) is 2.28. The molecule has 4 N–H and O–H groups in total. The Morgan fingerprint density at radius 1 is 1.31 bits per heavy atom. The van der Waals surface area contributed by atoms with Crippen LogP contribution in [0.5, 0.6) is 0 Å². The van der Waals surface area contributed by atoms with E-state index < -0.39 is 0 Å². The first-order chi connectivity index (χ1) is 6.02. The average molecular weight is 186 g/mol. The summed E-state index contributed by atoms with van der Waals surface area (Å²) in [6.45, 7) is 4.39. The van der Waals surface area contributed by atoms with Crippen molar-refractivity contribution in [1.82, 2.24) is 0 Å². The summed E-state index contributed by atoms with van der Waals surface area (Å²) in [4.78, 5) is 0. The van der Waals surface area contributed by atoms with Crippen molar-refractivity contribution in [3.05, 3.63) is 11.7 Å². The molecule has 5 unspecified atom stereocenters. The Hall–Kier alpha value is -0.160. The molecule has 0 aliphatic heterocycles. The second kappa shape index (κ2) is 4.37. The molecule has 0 aromatic carbocycles. The number of rotatable bonds is 3. The van der Waals surface area contributed by atoms with Crippen molar-refractivity contribution in [2.75, 3.05) is 7.05 Å². The van der Waals surface area contributed by atoms with Crippen LogP contribution in [-0.4, -0.2) is 13.1 Å². The lowest BCUT2D eigenvalue weighted by Crippen LogP contribution is -3.54. The third-order valence-electron chi connectivity index (χ3n) is 3.30. The number of hydrogen-bond donors (Lipinski definition) is 2. The van der Waals surface area contributed by atoms with E-state index in [0.717, 1.165) is 5.92 Å². The Morgan fingerprint density at radius 3 is 2.31 bits per heavy atom. The molecule has 1 saturated carbocycles. The van der Waals surface area contributed by atoms with Crippen molar-refractivity contribution in [1.29, 1.82) is 0 Å². The molecule has 0 amide bonds. The third kappa shape index (κ3) is 2.64. The minimum atomic E-state index is 0.294. The van der Waals surface area contributed by atoms with E-state index in [9.17, 15) is 0 Å². The van der Waals surface area contributed by atoms with Crippen LogP contribution in [0.3, 0.4) is 0 Å². The zero-order valence-electron chi connectivity index (χ0n) is 8.85. The summed E-state index contributed by atoms with van der Waals surface area (Å²) in [6.07, 6.45) is 3.80. The molecular formula is C9H22N4. The van der Waals surface area contributed by atoms with Gasteiger partial charge in [0.15, 0.2) is 0 Å². The van der Waals surface area contributed by atoms with Crippen LogP contribution in [0.25, 0.3) is 11.7 Å². The molecule has 78 valence electrons. The van der Waals surface area contributed by atoms with Crippen molar-refractivity contribution in [3.63, 3.8) is 0 Å². The number of nitrogens with one attached hydrogen (secondary N) is 4. The van der Waals surface area contributed by atoms with Gasteiger partial charge in [0.1, 0.15) is 6.04 Å². The maximum absolute atomic E-state index is 7.76. The fraction of sp³-hybridized carbons (Fsp3) is 1.00. The molecule has 0 spiro atoms. The van der Waals surface area contributed by atoms with Crippen molar-refractivity contribution >= 4 is 0 Å². The maximum Gasteiger partial charge on any atom is 0.120 e. The van der Waals surface area contributed by atoms with E-state index >= 15 is 0 Å². The topological polar surface area (TPSA) is 56.5 Å². The van der Waals surface area contributed by atoms with Crippen LogP contribution in [0.1, 0.15) is 33.1 Å². The molecule has 1 aliphatic carbocycles. The molecule has 0 bridgehead atoms. The highest BCUT2D eigenvalue weighted by Gasteiger charge is 2.30. The predicted molar refractivity (Wildman–Crippen MR) is 52.5 cm³/mol. The van der Waals surface area contributed by atoms with Gasteiger partial charge in [-0.2, -0.15) is 0 Å². The summed E-state index contributed by atoms with van der Waals surface area (Å²) in [5.41, 5.74) is 0. The van der Waals surface area contributed by atoms with Gasteiger partial charge in [0.05, 0.1) is 7.05 Å². The molecule has 0 aromatic heterocycles. The second-order valence-electron chi connectivity index (χ2n) is 4.51. The first-order valence-corrected chi connectivity index (χ1v) is 5.16. The van der Waals surface area contributed by atoms with E-state index in [2.05, 4.69) is 13.8 Å². The van der Waals surface area contributed by atoms with Gasteiger partial charge in [-0.1, -0.05) is 13.3 Å². The number of quaternary nitrogens is 2. The van der Waals surface area contributed by atoms with Gasteiger partial charge in [-0.3, -0.25) is 10.2 Å². The molecular weight excluding hydrogens is 164 g/mol. The minimum absolute atomic E-state index is 0.294. The van der Waals surface area contributed by atoms with Gasteiger partial charge in [-0.15, -0.1) is 0 Å². The first kappa shape index (κ1) is 10.9. The van der Waals surface area contributed by atoms with Gasteiger partial charge in [0, 0.05) is 5.92 Å². The normalized spacial score (nSPS) is 35.8. The average Bonchev–Trinajstić information content (AvgIpc) is 2.49. The van der Waals surface area contributed by atoms with Gasteiger partial charge in [-0.25, -0.2) is 0 Å². The van der Waals surface area contributed by atoms with Crippen LogP contribution in [0.15, 0.2) is 0 Å². The SMILES string of the molecule is CC1CCC(C(C)[NH+]([NH-])[NH+](C)[NH-])C1. The van der Waals surface area contributed by atoms with Crippen LogP contribution in [0.4, 0.5) is 0 Å². The fourth-order valence-corrected chi connectivity index (χ4v) is 2.28. The molecule has 5 atom stereocenters. The standard InChI is InChI=1S/C9H22N4/c1-7-4-5-9(6-7)8(2)13(11)12(3)10/h7-13H,4-6H2,1-3H3. The lowest BCUT2D eigenvalue weighted by molar-refractivity contribution is -1.46. The van der Waals surface area contributed by atoms with Gasteiger partial charge in [-0.05, 0) is 25.7 Å². The molecule has 0 radical (unpaired) electrons. The molecule has 0 heterocycles. The van der Waals surface area contributed by atoms with Gasteiger partial charge >= 0.3 is 0 Å². The lowest BCUT2D eigenvalue weighted by atomic mass is 9.99. The second-order valence-corrected chi connectivity index (χ2v) is 4.51. The molecule has 1 fully saturated rings. The molecule has 4 heteroatoms. The molecule has 1 rings (SSSR count). The lowest BCUT2D eigenvalue weighted by Gasteiger charge is -2.36. The quantitative estimate of drug-likeness (QED) is 0.586. The zero-order chi connectivity index (χ0) is 10.0. The highest BCUT2D eigenvalue weighted by atomic mass is 15.8. The van der Waals surface area contributed by atoms with Crippen LogP contribution in [0, 0.1) is 11.8 Å². The van der Waals surface area contributed by atoms with Crippen molar-refractivity contribution in [3.8, 4) is 0 Å². The Morgan fingerprint density at radius 2 is 1.92 bits per heavy atom. The summed E-state index contributed by atoms with van der Waals surface area (Å²) >= 11 is 0. The number of hydrogen-bond acceptors (Lipinski definition) is 0. The first-order valence-electron chi connectivity index (χ1n) is 5.16. The molecule has 1 aliphatic rings. The highest BCUT2D eigenvalue weighted by Crippen LogP contribution is 2.31. The Kier molecular flexibility index (Phi) is 3.67. The van der Waals surface area contributed by atoms with E-state index in [0.29, 0.717) is 22.2 Å². The van der Waals surface area contributed by atoms with E-state index in [1.807, 2.05) is 0 Å². The van der Waals surface area contributed by atoms with Gasteiger partial charge in [0.2, 0.25) is 0 Å². The van der Waals surface area contributed by atoms with Gasteiger partial charge < -0.3 is 11.7 Å². The highest BCUT2D eigenvalue weighted by molar-refractivity contribution is 4.75. The van der Waals surface area contributed by atoms with Crippen LogP contribution < -0.4 is 10.2 Å². The Balaban J connectivity index is 2.43. The maximum atomic E-state index is 7.76. The summed E-state index contributed by atoms with van der Waals surface area (Å²) in [6, 6.07) is 0.294. The third-order valence-corrected chi connectivity index (χ3v) is 3.30. The van der Waals surface area contributed by atoms with Gasteiger partial charge in [0.25, 0.3) is 0 Å². The van der Waals surface area contributed by atoms with Crippen molar-refractivity contribution in [2.45, 2.75) is 39.2 Å². The zero-order valence-corrected chi connectivity index (χ0v) is 8.85. The summed E-state index contributed by atoms with van der Waals surface area (Å²) in [5, 5.41) is 0.978. The van der Waals surface area contributed by atoms with Crippen LogP contribution in [-0.2, 0) is 0 Å². The summed E-state index contributed by atoms with van der Waals surface area (Å²) in [7, 11) is 1.72. The smallest absolute Gasteiger partial charge is 0.120 e. The summed E-state index contributed by atoms with van der Waals surface area (Å²) in [5.74, 6) is 16.7. The Bertz CT molecular complexity index is 160. The molecule has 0 aromatic rings. The minimum Gasteiger partial charge on any atom is -0.418 e. The van der Waals surface area contributed by atoms with E-state index in [4.69, 9.17) is 11.7 Å². The summed E-state index contributed by atoms with van der Waals surface area (Å²) < 4.78 is 0. The largest absolute Gasteiger partial charge is 0.418 e. The van der Waals surface area contributed by atoms with E-state index in [1.165, 1.54) is 19.3 Å². The molecule has 0 saturated heterocycles. The van der Waals surface area contributed by atoms with Crippen LogP contribution >= 0.6 is 0 Å². The van der Waals surface area contributed by atoms with E-state index in [1.54, 1.807) is 7.05 Å². The van der Waals surface area contributed by atoms with E-state index in [-0.39, 0.29) is 0 Å². The monoisotopic (exact) mass is 186 g/mol. The molecule has 4 nitrogen and oxygen atoms in total. The predicted octanol–water partition coefficient (Wildman–Crippen LogP) is 0.0601. The van der Waals surface area contributed by atoms with Crippen LogP contribution in [0.2, 0.25) is 0 Å². The Labute approximate surface area is 80.8 Å².